The average Bonchev–Trinajstić information content (AvgIpc) is 3.44. The number of halogens is 1. The Labute approximate surface area is 210 Å². The number of hydrogen-bond donors (Lipinski definition) is 0. The van der Waals surface area contributed by atoms with Crippen LogP contribution in [0.5, 0.6) is 11.5 Å². The van der Waals surface area contributed by atoms with Gasteiger partial charge in [-0.3, -0.25) is 4.79 Å². The smallest absolute Gasteiger partial charge is 0.227 e. The molecule has 180 valence electrons. The second-order valence-electron chi connectivity index (χ2n) is 8.73. The first-order chi connectivity index (χ1) is 17.1. The highest BCUT2D eigenvalue weighted by atomic mass is 35.5. The van der Waals surface area contributed by atoms with Gasteiger partial charge in [0.25, 0.3) is 0 Å². The maximum Gasteiger partial charge on any atom is 0.227 e. The van der Waals surface area contributed by atoms with Gasteiger partial charge in [-0.25, -0.2) is 4.98 Å². The van der Waals surface area contributed by atoms with E-state index in [1.165, 1.54) is 0 Å². The highest BCUT2D eigenvalue weighted by molar-refractivity contribution is 6.30. The Morgan fingerprint density at radius 2 is 1.80 bits per heavy atom. The van der Waals surface area contributed by atoms with Gasteiger partial charge >= 0.3 is 0 Å². The van der Waals surface area contributed by atoms with Gasteiger partial charge in [-0.2, -0.15) is 0 Å². The van der Waals surface area contributed by atoms with Gasteiger partial charge in [-0.05, 0) is 67.4 Å². The van der Waals surface area contributed by atoms with Crippen LogP contribution in [0.15, 0.2) is 72.8 Å². The number of para-hydroxylation sites is 2. The summed E-state index contributed by atoms with van der Waals surface area (Å²) in [6.45, 7) is 2.06. The van der Waals surface area contributed by atoms with Crippen LogP contribution in [0.4, 0.5) is 5.69 Å². The molecule has 1 aliphatic heterocycles. The van der Waals surface area contributed by atoms with Crippen molar-refractivity contribution in [3.8, 4) is 11.5 Å². The Hall–Kier alpha value is -3.51. The van der Waals surface area contributed by atoms with Gasteiger partial charge in [0.2, 0.25) is 5.91 Å². The molecule has 7 heteroatoms. The van der Waals surface area contributed by atoms with E-state index in [1.807, 2.05) is 71.6 Å². The van der Waals surface area contributed by atoms with Crippen molar-refractivity contribution in [3.05, 3.63) is 83.6 Å². The molecule has 1 aliphatic rings. The van der Waals surface area contributed by atoms with E-state index in [1.54, 1.807) is 7.11 Å². The second-order valence-corrected chi connectivity index (χ2v) is 9.16. The maximum absolute atomic E-state index is 12.9. The number of carbonyl (C=O) groups is 1. The Kier molecular flexibility index (Phi) is 6.91. The van der Waals surface area contributed by atoms with Crippen LogP contribution < -0.4 is 14.4 Å². The largest absolute Gasteiger partial charge is 0.497 e. The third-order valence-corrected chi connectivity index (χ3v) is 6.63. The lowest BCUT2D eigenvalue weighted by Crippen LogP contribution is -2.24. The van der Waals surface area contributed by atoms with E-state index >= 15 is 0 Å². The summed E-state index contributed by atoms with van der Waals surface area (Å²) in [5, 5.41) is 0.628. The number of rotatable bonds is 9. The van der Waals surface area contributed by atoms with Crippen LogP contribution in [0.1, 0.15) is 31.0 Å². The van der Waals surface area contributed by atoms with Gasteiger partial charge < -0.3 is 18.9 Å². The van der Waals surface area contributed by atoms with Gasteiger partial charge in [-0.1, -0.05) is 29.8 Å². The summed E-state index contributed by atoms with van der Waals surface area (Å²) in [6.07, 6.45) is 2.30. The topological polar surface area (TPSA) is 56.6 Å². The molecule has 1 amide bonds. The molecule has 0 N–H and O–H groups in total. The molecule has 4 aromatic rings. The molecule has 35 heavy (non-hydrogen) atoms. The molecule has 1 atom stereocenters. The van der Waals surface area contributed by atoms with Crippen molar-refractivity contribution >= 4 is 34.2 Å². The molecule has 1 fully saturated rings. The van der Waals surface area contributed by atoms with Crippen LogP contribution >= 0.6 is 11.6 Å². The zero-order valence-corrected chi connectivity index (χ0v) is 20.4. The summed E-state index contributed by atoms with van der Waals surface area (Å²) in [7, 11) is 1.65. The number of anilines is 1. The molecule has 0 bridgehead atoms. The molecule has 0 radical (unpaired) electrons. The molecule has 6 nitrogen and oxygen atoms in total. The van der Waals surface area contributed by atoms with Crippen molar-refractivity contribution < 1.29 is 14.3 Å². The molecular weight excluding hydrogens is 462 g/mol. The first-order valence-electron chi connectivity index (χ1n) is 11.9. The Bertz CT molecular complexity index is 1320. The van der Waals surface area contributed by atoms with E-state index in [0.29, 0.717) is 24.6 Å². The highest BCUT2D eigenvalue weighted by Gasteiger charge is 2.34. The zero-order chi connectivity index (χ0) is 24.2. The number of carbonyl (C=O) groups excluding carboxylic acids is 1. The van der Waals surface area contributed by atoms with Crippen molar-refractivity contribution in [2.45, 2.75) is 31.7 Å². The SMILES string of the molecule is COc1ccc(OCCCCn2c([C@@H]3CC(=O)N(c4cccc(Cl)c4)C3)nc3ccccc32)cc1. The fourth-order valence-corrected chi connectivity index (χ4v) is 4.83. The quantitative estimate of drug-likeness (QED) is 0.267. The van der Waals surface area contributed by atoms with Crippen molar-refractivity contribution in [1.29, 1.82) is 0 Å². The van der Waals surface area contributed by atoms with Gasteiger partial charge in [-0.15, -0.1) is 0 Å². The summed E-state index contributed by atoms with van der Waals surface area (Å²) in [4.78, 5) is 19.7. The lowest BCUT2D eigenvalue weighted by Gasteiger charge is -2.18. The van der Waals surface area contributed by atoms with Gasteiger partial charge in [0.05, 0.1) is 24.8 Å². The highest BCUT2D eigenvalue weighted by Crippen LogP contribution is 2.34. The summed E-state index contributed by atoms with van der Waals surface area (Å²) < 4.78 is 13.4. The minimum Gasteiger partial charge on any atom is -0.497 e. The monoisotopic (exact) mass is 489 g/mol. The molecule has 1 aromatic heterocycles. The molecule has 0 unspecified atom stereocenters. The minimum absolute atomic E-state index is 0.0319. The first kappa shape index (κ1) is 23.2. The van der Waals surface area contributed by atoms with E-state index in [9.17, 15) is 4.79 Å². The van der Waals surface area contributed by atoms with Crippen molar-refractivity contribution in [3.63, 3.8) is 0 Å². The van der Waals surface area contributed by atoms with Crippen molar-refractivity contribution in [1.82, 2.24) is 9.55 Å². The predicted molar refractivity (Wildman–Crippen MR) is 139 cm³/mol. The minimum atomic E-state index is 0.0319. The molecule has 3 aromatic carbocycles. The average molecular weight is 490 g/mol. The van der Waals surface area contributed by atoms with Crippen LogP contribution in [0.2, 0.25) is 5.02 Å². The third kappa shape index (κ3) is 5.13. The van der Waals surface area contributed by atoms with E-state index in [-0.39, 0.29) is 11.8 Å². The maximum atomic E-state index is 12.9. The van der Waals surface area contributed by atoms with E-state index in [2.05, 4.69) is 10.6 Å². The number of amides is 1. The van der Waals surface area contributed by atoms with Gasteiger partial charge in [0.15, 0.2) is 0 Å². The van der Waals surface area contributed by atoms with Crippen molar-refractivity contribution in [2.75, 3.05) is 25.2 Å². The summed E-state index contributed by atoms with van der Waals surface area (Å²) in [5.41, 5.74) is 2.90. The Morgan fingerprint density at radius 3 is 2.60 bits per heavy atom. The number of hydrogen-bond acceptors (Lipinski definition) is 4. The number of nitrogens with zero attached hydrogens (tertiary/aromatic N) is 3. The summed E-state index contributed by atoms with van der Waals surface area (Å²) >= 11 is 6.17. The second kappa shape index (κ2) is 10.4. The number of aryl methyl sites for hydroxylation is 1. The fraction of sp³-hybridized carbons (Fsp3) is 0.286. The Balaban J connectivity index is 1.27. The third-order valence-electron chi connectivity index (χ3n) is 6.40. The first-order valence-corrected chi connectivity index (χ1v) is 12.3. The van der Waals surface area contributed by atoms with E-state index < -0.39 is 0 Å². The van der Waals surface area contributed by atoms with E-state index in [0.717, 1.165) is 53.4 Å². The normalized spacial score (nSPS) is 15.7. The van der Waals surface area contributed by atoms with E-state index in [4.69, 9.17) is 26.1 Å². The van der Waals surface area contributed by atoms with Crippen LogP contribution in [-0.4, -0.2) is 35.7 Å². The number of methoxy groups -OCH3 is 1. The number of ether oxygens (including phenoxy) is 2. The molecule has 5 rings (SSSR count). The summed E-state index contributed by atoms with van der Waals surface area (Å²) in [5.74, 6) is 2.76. The van der Waals surface area contributed by atoms with Crippen LogP contribution in [0.3, 0.4) is 0 Å². The number of imidazole rings is 1. The van der Waals surface area contributed by atoms with Crippen molar-refractivity contribution in [2.24, 2.45) is 0 Å². The molecule has 0 aliphatic carbocycles. The molecule has 2 heterocycles. The van der Waals surface area contributed by atoms with Crippen LogP contribution in [0, 0.1) is 0 Å². The number of aromatic nitrogens is 2. The Morgan fingerprint density at radius 1 is 1.00 bits per heavy atom. The van der Waals surface area contributed by atoms with Crippen LogP contribution in [-0.2, 0) is 11.3 Å². The van der Waals surface area contributed by atoms with Gasteiger partial charge in [0.1, 0.15) is 17.3 Å². The zero-order valence-electron chi connectivity index (χ0n) is 19.7. The predicted octanol–water partition coefficient (Wildman–Crippen LogP) is 6.08. The summed E-state index contributed by atoms with van der Waals surface area (Å²) in [6, 6.07) is 23.3. The fourth-order valence-electron chi connectivity index (χ4n) is 4.65. The molecule has 1 saturated heterocycles. The molecule has 0 spiro atoms. The number of benzene rings is 3. The molecule has 0 saturated carbocycles. The lowest BCUT2D eigenvalue weighted by molar-refractivity contribution is -0.117. The number of unbranched alkanes of at least 4 members (excludes halogenated alkanes) is 1. The molecular formula is C28H28ClN3O3. The van der Waals surface area contributed by atoms with Gasteiger partial charge in [0, 0.05) is 36.1 Å². The standard InChI is InChI=1S/C28H28ClN3O3/c1-34-23-11-13-24(14-12-23)35-16-5-4-15-31-26-10-3-2-9-25(26)30-28(31)20-17-27(33)32(19-20)22-8-6-7-21(29)18-22/h2-3,6-14,18,20H,4-5,15-17,19H2,1H3/t20-/m1/s1. The van der Waals surface area contributed by atoms with Crippen LogP contribution in [0.25, 0.3) is 11.0 Å². The number of fused-ring (bicyclic) bond motifs is 1. The lowest BCUT2D eigenvalue weighted by atomic mass is 10.1.